The van der Waals surface area contributed by atoms with Crippen LogP contribution in [-0.4, -0.2) is 54.2 Å². The number of amides is 2. The van der Waals surface area contributed by atoms with Gasteiger partial charge in [0, 0.05) is 5.54 Å². The Morgan fingerprint density at radius 3 is 2.29 bits per heavy atom. The number of nitrogens with one attached hydrogen (secondary N) is 1. The first kappa shape index (κ1) is 18.7. The number of benzene rings is 1. The molecular formula is C21H27N5O2. The van der Waals surface area contributed by atoms with Crippen molar-refractivity contribution >= 4 is 11.7 Å². The number of anilines is 1. The lowest BCUT2D eigenvalue weighted by atomic mass is 9.69. The molecule has 2 amide bonds. The van der Waals surface area contributed by atoms with Crippen LogP contribution in [0.2, 0.25) is 0 Å². The second kappa shape index (κ2) is 7.05. The quantitative estimate of drug-likeness (QED) is 0.882. The molecule has 1 aromatic heterocycles. The van der Waals surface area contributed by atoms with Crippen molar-refractivity contribution in [1.82, 2.24) is 20.2 Å². The number of methoxy groups -OCH3 is 1. The highest BCUT2D eigenvalue weighted by atomic mass is 16.5. The SMILES string of the molecule is COc1ncc(N2C[C@]3(CC[C@](c4ccccc4)(N(C)C)CC3)NC2=O)cn1. The summed E-state index contributed by atoms with van der Waals surface area (Å²) in [5.74, 6) is 0. The number of aromatic nitrogens is 2. The highest BCUT2D eigenvalue weighted by Crippen LogP contribution is 2.46. The standard InChI is InChI=1S/C21H27N5O2/c1-25(2)21(16-7-5-4-6-8-16)11-9-20(10-12-21)15-26(19(27)24-20)17-13-22-18(28-3)23-14-17/h4-8,13-14H,9-12,15H2,1-3H3,(H,24,27)/t20-,21+. The van der Waals surface area contributed by atoms with E-state index in [-0.39, 0.29) is 17.1 Å². The fourth-order valence-corrected chi connectivity index (χ4v) is 4.64. The maximum absolute atomic E-state index is 12.7. The minimum absolute atomic E-state index is 0.00782. The summed E-state index contributed by atoms with van der Waals surface area (Å²) in [5, 5.41) is 3.26. The second-order valence-corrected chi connectivity index (χ2v) is 8.02. The summed E-state index contributed by atoms with van der Waals surface area (Å²) in [5.41, 5.74) is 1.85. The van der Waals surface area contributed by atoms with Crippen LogP contribution in [0.3, 0.4) is 0 Å². The van der Waals surface area contributed by atoms with E-state index >= 15 is 0 Å². The highest BCUT2D eigenvalue weighted by Gasteiger charge is 2.50. The average molecular weight is 381 g/mol. The lowest BCUT2D eigenvalue weighted by Crippen LogP contribution is -2.54. The van der Waals surface area contributed by atoms with Gasteiger partial charge in [0.25, 0.3) is 0 Å². The van der Waals surface area contributed by atoms with Crippen molar-refractivity contribution in [1.29, 1.82) is 0 Å². The molecule has 0 radical (unpaired) electrons. The molecule has 0 unspecified atom stereocenters. The Bertz CT molecular complexity index is 830. The van der Waals surface area contributed by atoms with Crippen molar-refractivity contribution in [3.05, 3.63) is 48.3 Å². The van der Waals surface area contributed by atoms with E-state index in [0.29, 0.717) is 18.2 Å². The van der Waals surface area contributed by atoms with Crippen LogP contribution >= 0.6 is 0 Å². The predicted octanol–water partition coefficient (Wildman–Crippen LogP) is 2.78. The summed E-state index contributed by atoms with van der Waals surface area (Å²) in [6.45, 7) is 0.639. The summed E-state index contributed by atoms with van der Waals surface area (Å²) in [6.07, 6.45) is 7.13. The van der Waals surface area contributed by atoms with Gasteiger partial charge in [-0.05, 0) is 45.3 Å². The number of carbonyl (C=O) groups is 1. The first-order valence-corrected chi connectivity index (χ1v) is 9.67. The molecule has 1 aliphatic carbocycles. The average Bonchev–Trinajstić information content (AvgIpc) is 3.05. The smallest absolute Gasteiger partial charge is 0.322 e. The van der Waals surface area contributed by atoms with Crippen LogP contribution in [0.1, 0.15) is 31.2 Å². The van der Waals surface area contributed by atoms with Gasteiger partial charge in [-0.15, -0.1) is 0 Å². The van der Waals surface area contributed by atoms with Gasteiger partial charge in [0.2, 0.25) is 0 Å². The lowest BCUT2D eigenvalue weighted by Gasteiger charge is -2.48. The van der Waals surface area contributed by atoms with Gasteiger partial charge in [0.15, 0.2) is 0 Å². The van der Waals surface area contributed by atoms with E-state index in [1.165, 1.54) is 12.7 Å². The van der Waals surface area contributed by atoms with Gasteiger partial charge in [-0.1, -0.05) is 30.3 Å². The van der Waals surface area contributed by atoms with Crippen molar-refractivity contribution in [3.63, 3.8) is 0 Å². The van der Waals surface area contributed by atoms with Crippen molar-refractivity contribution in [2.75, 3.05) is 32.6 Å². The Kier molecular flexibility index (Phi) is 4.71. The van der Waals surface area contributed by atoms with E-state index in [4.69, 9.17) is 4.74 Å². The molecule has 1 N–H and O–H groups in total. The van der Waals surface area contributed by atoms with Gasteiger partial charge >= 0.3 is 12.0 Å². The van der Waals surface area contributed by atoms with Crippen LogP contribution in [0, 0.1) is 0 Å². The maximum Gasteiger partial charge on any atom is 0.322 e. The van der Waals surface area contributed by atoms with Crippen LogP contribution in [0.4, 0.5) is 10.5 Å². The minimum Gasteiger partial charge on any atom is -0.467 e. The van der Waals surface area contributed by atoms with E-state index in [9.17, 15) is 4.79 Å². The van der Waals surface area contributed by atoms with Crippen molar-refractivity contribution in [2.45, 2.75) is 36.8 Å². The number of ether oxygens (including phenoxy) is 1. The molecule has 1 aliphatic heterocycles. The Morgan fingerprint density at radius 1 is 1.07 bits per heavy atom. The third kappa shape index (κ3) is 3.09. The number of urea groups is 1. The Labute approximate surface area is 165 Å². The zero-order valence-electron chi connectivity index (χ0n) is 16.7. The van der Waals surface area contributed by atoms with E-state index in [0.717, 1.165) is 25.7 Å². The number of rotatable bonds is 4. The largest absolute Gasteiger partial charge is 0.467 e. The third-order valence-corrected chi connectivity index (χ3v) is 6.39. The fourth-order valence-electron chi connectivity index (χ4n) is 4.64. The predicted molar refractivity (Wildman–Crippen MR) is 107 cm³/mol. The zero-order chi connectivity index (χ0) is 19.8. The van der Waals surface area contributed by atoms with E-state index in [1.54, 1.807) is 17.3 Å². The topological polar surface area (TPSA) is 70.6 Å². The minimum atomic E-state index is -0.203. The number of nitrogens with zero attached hydrogens (tertiary/aromatic N) is 4. The molecule has 2 heterocycles. The molecule has 1 aromatic carbocycles. The first-order chi connectivity index (χ1) is 13.5. The molecule has 0 bridgehead atoms. The molecule has 1 saturated heterocycles. The third-order valence-electron chi connectivity index (χ3n) is 6.39. The molecule has 2 aliphatic rings. The second-order valence-electron chi connectivity index (χ2n) is 8.02. The van der Waals surface area contributed by atoms with Gasteiger partial charge < -0.3 is 10.1 Å². The van der Waals surface area contributed by atoms with Gasteiger partial charge in [0.1, 0.15) is 0 Å². The monoisotopic (exact) mass is 381 g/mol. The molecule has 1 spiro atoms. The molecule has 2 aromatic rings. The Morgan fingerprint density at radius 2 is 1.71 bits per heavy atom. The van der Waals surface area contributed by atoms with Crippen LogP contribution in [0.15, 0.2) is 42.7 Å². The van der Waals surface area contributed by atoms with Crippen LogP contribution in [0.25, 0.3) is 0 Å². The lowest BCUT2D eigenvalue weighted by molar-refractivity contribution is 0.0658. The van der Waals surface area contributed by atoms with E-state index < -0.39 is 0 Å². The molecular weight excluding hydrogens is 354 g/mol. The van der Waals surface area contributed by atoms with Crippen molar-refractivity contribution < 1.29 is 9.53 Å². The molecule has 7 heteroatoms. The summed E-state index contributed by atoms with van der Waals surface area (Å²) in [7, 11) is 5.83. The van der Waals surface area contributed by atoms with Crippen molar-refractivity contribution in [3.8, 4) is 6.01 Å². The zero-order valence-corrected chi connectivity index (χ0v) is 16.7. The van der Waals surface area contributed by atoms with Gasteiger partial charge in [0.05, 0.1) is 37.3 Å². The van der Waals surface area contributed by atoms with Crippen LogP contribution in [0.5, 0.6) is 6.01 Å². The molecule has 7 nitrogen and oxygen atoms in total. The van der Waals surface area contributed by atoms with Gasteiger partial charge in [-0.2, -0.15) is 0 Å². The van der Waals surface area contributed by atoms with Crippen molar-refractivity contribution in [2.24, 2.45) is 0 Å². The summed E-state index contributed by atoms with van der Waals surface area (Å²) < 4.78 is 5.01. The first-order valence-electron chi connectivity index (χ1n) is 9.67. The van der Waals surface area contributed by atoms with Gasteiger partial charge in [-0.3, -0.25) is 9.80 Å². The molecule has 2 fully saturated rings. The Hall–Kier alpha value is -2.67. The number of hydrogen-bond donors (Lipinski definition) is 1. The summed E-state index contributed by atoms with van der Waals surface area (Å²) in [6, 6.07) is 10.9. The van der Waals surface area contributed by atoms with E-state index in [2.05, 4.69) is 64.6 Å². The summed E-state index contributed by atoms with van der Waals surface area (Å²) in [4.78, 5) is 25.0. The van der Waals surface area contributed by atoms with E-state index in [1.807, 2.05) is 0 Å². The van der Waals surface area contributed by atoms with Gasteiger partial charge in [-0.25, -0.2) is 14.8 Å². The summed E-state index contributed by atoms with van der Waals surface area (Å²) >= 11 is 0. The fraction of sp³-hybridized carbons (Fsp3) is 0.476. The highest BCUT2D eigenvalue weighted by molar-refractivity contribution is 5.95. The molecule has 148 valence electrons. The molecule has 1 saturated carbocycles. The number of carbonyl (C=O) groups excluding carboxylic acids is 1. The Balaban J connectivity index is 1.53. The van der Waals surface area contributed by atoms with Crippen LogP contribution < -0.4 is 15.0 Å². The maximum atomic E-state index is 12.7. The molecule has 4 rings (SSSR count). The van der Waals surface area contributed by atoms with Crippen LogP contribution in [-0.2, 0) is 5.54 Å². The normalized spacial score (nSPS) is 27.3. The molecule has 0 atom stereocenters. The molecule has 28 heavy (non-hydrogen) atoms. The number of hydrogen-bond acceptors (Lipinski definition) is 5.